The number of benzene rings is 1. The normalized spacial score (nSPS) is 10.5. The van der Waals surface area contributed by atoms with Gasteiger partial charge in [0.1, 0.15) is 12.1 Å². The molecule has 7 nitrogen and oxygen atoms in total. The molecule has 0 radical (unpaired) electrons. The standard InChI is InChI=1S/C18H18N4O3/c1-4-10-24-15-6-5-9-19-16(15)17(23)20-12-7-8-14-13(11-12)21-18(25-14)22(2)3/h4-9,11H,1,10H2,2-3H3,(H,20,23). The van der Waals surface area contributed by atoms with Crippen molar-refractivity contribution >= 4 is 28.7 Å². The minimum Gasteiger partial charge on any atom is -0.487 e. The quantitative estimate of drug-likeness (QED) is 0.696. The van der Waals surface area contributed by atoms with Crippen molar-refractivity contribution in [1.29, 1.82) is 0 Å². The van der Waals surface area contributed by atoms with E-state index in [9.17, 15) is 4.79 Å². The van der Waals surface area contributed by atoms with Crippen molar-refractivity contribution < 1.29 is 13.9 Å². The summed E-state index contributed by atoms with van der Waals surface area (Å²) in [5.41, 5.74) is 2.11. The summed E-state index contributed by atoms with van der Waals surface area (Å²) in [4.78, 5) is 22.8. The van der Waals surface area contributed by atoms with Crippen molar-refractivity contribution in [3.8, 4) is 5.75 Å². The van der Waals surface area contributed by atoms with E-state index in [4.69, 9.17) is 9.15 Å². The molecule has 0 saturated heterocycles. The largest absolute Gasteiger partial charge is 0.487 e. The molecule has 7 heteroatoms. The average Bonchev–Trinajstić information content (AvgIpc) is 3.04. The number of aromatic nitrogens is 2. The number of hydrogen-bond acceptors (Lipinski definition) is 6. The molecule has 0 aliphatic heterocycles. The highest BCUT2D eigenvalue weighted by Gasteiger charge is 2.15. The Morgan fingerprint density at radius 2 is 2.24 bits per heavy atom. The maximum Gasteiger partial charge on any atom is 0.297 e. The van der Waals surface area contributed by atoms with Crippen LogP contribution >= 0.6 is 0 Å². The number of carbonyl (C=O) groups is 1. The third-order valence-electron chi connectivity index (χ3n) is 3.36. The van der Waals surface area contributed by atoms with Crippen LogP contribution in [0.4, 0.5) is 11.7 Å². The highest BCUT2D eigenvalue weighted by atomic mass is 16.5. The molecule has 0 spiro atoms. The molecule has 25 heavy (non-hydrogen) atoms. The van der Waals surface area contributed by atoms with Gasteiger partial charge in [-0.1, -0.05) is 12.7 Å². The Morgan fingerprint density at radius 3 is 3.00 bits per heavy atom. The predicted molar refractivity (Wildman–Crippen MR) is 96.2 cm³/mol. The second kappa shape index (κ2) is 7.04. The van der Waals surface area contributed by atoms with Crippen LogP contribution in [0.5, 0.6) is 5.75 Å². The van der Waals surface area contributed by atoms with Crippen LogP contribution in [-0.2, 0) is 0 Å². The van der Waals surface area contributed by atoms with Crippen molar-refractivity contribution in [2.24, 2.45) is 0 Å². The number of nitrogens with zero attached hydrogens (tertiary/aromatic N) is 3. The number of nitrogens with one attached hydrogen (secondary N) is 1. The Kier molecular flexibility index (Phi) is 4.65. The molecule has 1 amide bonds. The second-order valence-electron chi connectivity index (χ2n) is 5.48. The van der Waals surface area contributed by atoms with Crippen molar-refractivity contribution in [2.75, 3.05) is 30.9 Å². The van der Waals surface area contributed by atoms with Crippen LogP contribution in [-0.4, -0.2) is 36.6 Å². The first kappa shape index (κ1) is 16.5. The highest BCUT2D eigenvalue weighted by molar-refractivity contribution is 6.05. The van der Waals surface area contributed by atoms with Gasteiger partial charge in [-0.2, -0.15) is 4.98 Å². The lowest BCUT2D eigenvalue weighted by atomic mass is 10.2. The molecule has 0 atom stereocenters. The lowest BCUT2D eigenvalue weighted by molar-refractivity contribution is 0.101. The molecule has 2 aromatic heterocycles. The van der Waals surface area contributed by atoms with Gasteiger partial charge in [-0.25, -0.2) is 4.98 Å². The SMILES string of the molecule is C=CCOc1cccnc1C(=O)Nc1ccc2oc(N(C)C)nc2c1. The number of carbonyl (C=O) groups excluding carboxylic acids is 1. The molecule has 3 aromatic rings. The van der Waals surface area contributed by atoms with E-state index in [-0.39, 0.29) is 11.6 Å². The molecule has 2 heterocycles. The van der Waals surface area contributed by atoms with Crippen molar-refractivity contribution in [3.05, 3.63) is 54.9 Å². The van der Waals surface area contributed by atoms with E-state index < -0.39 is 0 Å². The van der Waals surface area contributed by atoms with Crippen LogP contribution in [0.25, 0.3) is 11.1 Å². The summed E-state index contributed by atoms with van der Waals surface area (Å²) in [5, 5.41) is 2.80. The average molecular weight is 338 g/mol. The molecule has 0 aliphatic rings. The number of rotatable bonds is 6. The number of fused-ring (bicyclic) bond motifs is 1. The van der Waals surface area contributed by atoms with Crippen molar-refractivity contribution in [2.45, 2.75) is 0 Å². The molecule has 128 valence electrons. The molecular weight excluding hydrogens is 320 g/mol. The highest BCUT2D eigenvalue weighted by Crippen LogP contribution is 2.24. The molecule has 0 bridgehead atoms. The van der Waals surface area contributed by atoms with E-state index in [0.29, 0.717) is 35.2 Å². The van der Waals surface area contributed by atoms with Gasteiger partial charge in [0.15, 0.2) is 17.0 Å². The number of anilines is 2. The molecule has 0 unspecified atom stereocenters. The molecule has 0 fully saturated rings. The fourth-order valence-corrected chi connectivity index (χ4v) is 2.20. The Hall–Kier alpha value is -3.35. The van der Waals surface area contributed by atoms with Gasteiger partial charge in [-0.15, -0.1) is 0 Å². The van der Waals surface area contributed by atoms with E-state index in [1.54, 1.807) is 47.5 Å². The first-order chi connectivity index (χ1) is 12.1. The zero-order chi connectivity index (χ0) is 17.8. The molecule has 1 aromatic carbocycles. The van der Waals surface area contributed by atoms with Gasteiger partial charge in [-0.3, -0.25) is 4.79 Å². The topological polar surface area (TPSA) is 80.5 Å². The second-order valence-corrected chi connectivity index (χ2v) is 5.48. The predicted octanol–water partition coefficient (Wildman–Crippen LogP) is 3.11. The van der Waals surface area contributed by atoms with E-state index in [1.165, 1.54) is 0 Å². The van der Waals surface area contributed by atoms with Crippen LogP contribution in [0.3, 0.4) is 0 Å². The Bertz CT molecular complexity index is 918. The van der Waals surface area contributed by atoms with E-state index >= 15 is 0 Å². The molecular formula is C18H18N4O3. The van der Waals surface area contributed by atoms with E-state index in [0.717, 1.165) is 0 Å². The zero-order valence-corrected chi connectivity index (χ0v) is 14.0. The summed E-state index contributed by atoms with van der Waals surface area (Å²) in [5.74, 6) is 0.0349. The lowest BCUT2D eigenvalue weighted by Gasteiger charge is -2.09. The van der Waals surface area contributed by atoms with Crippen LogP contribution in [0.2, 0.25) is 0 Å². The molecule has 0 aliphatic carbocycles. The minimum atomic E-state index is -0.365. The summed E-state index contributed by atoms with van der Waals surface area (Å²) in [7, 11) is 3.69. The number of ether oxygens (including phenoxy) is 1. The maximum absolute atomic E-state index is 12.5. The number of hydrogen-bond donors (Lipinski definition) is 1. The molecule has 1 N–H and O–H groups in total. The molecule has 0 saturated carbocycles. The summed E-state index contributed by atoms with van der Waals surface area (Å²) in [6.45, 7) is 3.89. The Labute approximate surface area is 144 Å². The van der Waals surface area contributed by atoms with Gasteiger partial charge in [-0.05, 0) is 30.3 Å². The fourth-order valence-electron chi connectivity index (χ4n) is 2.20. The Morgan fingerprint density at radius 1 is 1.40 bits per heavy atom. The number of pyridine rings is 1. The van der Waals surface area contributed by atoms with Crippen molar-refractivity contribution in [3.63, 3.8) is 0 Å². The third-order valence-corrected chi connectivity index (χ3v) is 3.36. The van der Waals surface area contributed by atoms with Gasteiger partial charge in [0.2, 0.25) is 0 Å². The first-order valence-electron chi connectivity index (χ1n) is 7.66. The maximum atomic E-state index is 12.5. The number of oxazole rings is 1. The lowest BCUT2D eigenvalue weighted by Crippen LogP contribution is -2.15. The smallest absolute Gasteiger partial charge is 0.297 e. The van der Waals surface area contributed by atoms with Crippen LogP contribution in [0.1, 0.15) is 10.5 Å². The third kappa shape index (κ3) is 3.60. The van der Waals surface area contributed by atoms with Gasteiger partial charge in [0.25, 0.3) is 11.9 Å². The van der Waals surface area contributed by atoms with Crippen LogP contribution < -0.4 is 15.0 Å². The van der Waals surface area contributed by atoms with Crippen LogP contribution in [0.15, 0.2) is 53.6 Å². The summed E-state index contributed by atoms with van der Waals surface area (Å²) in [6.07, 6.45) is 3.15. The summed E-state index contributed by atoms with van der Waals surface area (Å²) < 4.78 is 11.1. The summed E-state index contributed by atoms with van der Waals surface area (Å²) in [6, 6.07) is 9.16. The Balaban J connectivity index is 1.83. The van der Waals surface area contributed by atoms with E-state index in [1.807, 2.05) is 14.1 Å². The zero-order valence-electron chi connectivity index (χ0n) is 14.0. The van der Waals surface area contributed by atoms with E-state index in [2.05, 4.69) is 21.9 Å². The monoisotopic (exact) mass is 338 g/mol. The minimum absolute atomic E-state index is 0.207. The first-order valence-corrected chi connectivity index (χ1v) is 7.66. The fraction of sp³-hybridized carbons (Fsp3) is 0.167. The van der Waals surface area contributed by atoms with Crippen molar-refractivity contribution in [1.82, 2.24) is 9.97 Å². The summed E-state index contributed by atoms with van der Waals surface area (Å²) >= 11 is 0. The number of amides is 1. The van der Waals surface area contributed by atoms with Gasteiger partial charge < -0.3 is 19.4 Å². The van der Waals surface area contributed by atoms with Crippen LogP contribution in [0, 0.1) is 0 Å². The molecule has 3 rings (SSSR count). The van der Waals surface area contributed by atoms with Gasteiger partial charge >= 0.3 is 0 Å². The van der Waals surface area contributed by atoms with Gasteiger partial charge in [0, 0.05) is 26.0 Å². The van der Waals surface area contributed by atoms with Gasteiger partial charge in [0.05, 0.1) is 0 Å².